The van der Waals surface area contributed by atoms with Crippen LogP contribution in [0.4, 0.5) is 0 Å². The van der Waals surface area contributed by atoms with E-state index in [1.54, 1.807) is 39.8 Å². The molecule has 0 unspecified atom stereocenters. The SMILES string of the molecule is CCOC(=O)c1cc(C)c(Br)cc1C(=O)OC(C)(C)C. The Labute approximate surface area is 127 Å². The Morgan fingerprint density at radius 2 is 1.70 bits per heavy atom. The van der Waals surface area contributed by atoms with Gasteiger partial charge in [-0.25, -0.2) is 9.59 Å². The van der Waals surface area contributed by atoms with Gasteiger partial charge in [0.05, 0.1) is 17.7 Å². The monoisotopic (exact) mass is 342 g/mol. The first-order valence-electron chi connectivity index (χ1n) is 6.36. The van der Waals surface area contributed by atoms with Gasteiger partial charge in [-0.15, -0.1) is 0 Å². The van der Waals surface area contributed by atoms with Crippen molar-refractivity contribution in [1.29, 1.82) is 0 Å². The van der Waals surface area contributed by atoms with Crippen LogP contribution in [0.3, 0.4) is 0 Å². The second-order valence-electron chi connectivity index (χ2n) is 5.37. The minimum atomic E-state index is -0.625. The van der Waals surface area contributed by atoms with Crippen LogP contribution in [0.5, 0.6) is 0 Å². The fourth-order valence-electron chi connectivity index (χ4n) is 1.56. The topological polar surface area (TPSA) is 52.6 Å². The van der Waals surface area contributed by atoms with E-state index in [-0.39, 0.29) is 17.7 Å². The standard InChI is InChI=1S/C15H19BrO4/c1-6-19-13(17)10-7-9(2)12(16)8-11(10)14(18)20-15(3,4)5/h7-8H,6H2,1-5H3. The van der Waals surface area contributed by atoms with Crippen molar-refractivity contribution < 1.29 is 19.1 Å². The molecule has 4 nitrogen and oxygen atoms in total. The zero-order valence-corrected chi connectivity index (χ0v) is 14.0. The lowest BCUT2D eigenvalue weighted by atomic mass is 10.0. The van der Waals surface area contributed by atoms with Gasteiger partial charge < -0.3 is 9.47 Å². The highest BCUT2D eigenvalue weighted by molar-refractivity contribution is 9.10. The van der Waals surface area contributed by atoms with Crippen LogP contribution in [0.1, 0.15) is 54.0 Å². The Kier molecular flexibility index (Phi) is 5.34. The van der Waals surface area contributed by atoms with Crippen LogP contribution >= 0.6 is 15.9 Å². The molecule has 1 aromatic carbocycles. The second kappa shape index (κ2) is 6.39. The van der Waals surface area contributed by atoms with E-state index in [4.69, 9.17) is 9.47 Å². The number of carbonyl (C=O) groups is 2. The summed E-state index contributed by atoms with van der Waals surface area (Å²) in [5, 5.41) is 0. The van der Waals surface area contributed by atoms with Crippen molar-refractivity contribution in [1.82, 2.24) is 0 Å². The van der Waals surface area contributed by atoms with Crippen LogP contribution in [-0.4, -0.2) is 24.1 Å². The van der Waals surface area contributed by atoms with Crippen molar-refractivity contribution in [2.75, 3.05) is 6.61 Å². The Morgan fingerprint density at radius 1 is 1.15 bits per heavy atom. The number of hydrogen-bond donors (Lipinski definition) is 0. The van der Waals surface area contributed by atoms with Crippen LogP contribution in [0.15, 0.2) is 16.6 Å². The predicted molar refractivity (Wildman–Crippen MR) is 80.0 cm³/mol. The Bertz CT molecular complexity index is 529. The maximum absolute atomic E-state index is 12.2. The number of benzene rings is 1. The predicted octanol–water partition coefficient (Wildman–Crippen LogP) is 3.89. The summed E-state index contributed by atoms with van der Waals surface area (Å²) in [4.78, 5) is 24.2. The minimum absolute atomic E-state index is 0.204. The number of aryl methyl sites for hydroxylation is 1. The number of rotatable bonds is 3. The lowest BCUT2D eigenvalue weighted by Gasteiger charge is -2.20. The molecule has 0 radical (unpaired) electrons. The van der Waals surface area contributed by atoms with Crippen molar-refractivity contribution in [3.05, 3.63) is 33.3 Å². The molecule has 0 saturated heterocycles. The van der Waals surface area contributed by atoms with Crippen molar-refractivity contribution in [3.8, 4) is 0 Å². The zero-order valence-electron chi connectivity index (χ0n) is 12.4. The van der Waals surface area contributed by atoms with Crippen LogP contribution < -0.4 is 0 Å². The van der Waals surface area contributed by atoms with Gasteiger partial charge in [0.25, 0.3) is 0 Å². The molecule has 0 aliphatic rings. The van der Waals surface area contributed by atoms with Gasteiger partial charge in [-0.05, 0) is 52.3 Å². The number of carbonyl (C=O) groups excluding carboxylic acids is 2. The molecule has 0 N–H and O–H groups in total. The highest BCUT2D eigenvalue weighted by atomic mass is 79.9. The number of halogens is 1. The van der Waals surface area contributed by atoms with E-state index in [1.165, 1.54) is 0 Å². The van der Waals surface area contributed by atoms with Gasteiger partial charge >= 0.3 is 11.9 Å². The molecule has 0 aromatic heterocycles. The number of ether oxygens (including phenoxy) is 2. The minimum Gasteiger partial charge on any atom is -0.462 e. The van der Waals surface area contributed by atoms with E-state index in [1.807, 2.05) is 6.92 Å². The highest BCUT2D eigenvalue weighted by Gasteiger charge is 2.24. The number of hydrogen-bond acceptors (Lipinski definition) is 4. The molecule has 20 heavy (non-hydrogen) atoms. The summed E-state index contributed by atoms with van der Waals surface area (Å²) in [5.74, 6) is -1.06. The van der Waals surface area contributed by atoms with Gasteiger partial charge in [-0.2, -0.15) is 0 Å². The Morgan fingerprint density at radius 3 is 2.20 bits per heavy atom. The van der Waals surface area contributed by atoms with Crippen molar-refractivity contribution >= 4 is 27.9 Å². The summed E-state index contributed by atoms with van der Waals surface area (Å²) in [6, 6.07) is 3.22. The van der Waals surface area contributed by atoms with Gasteiger partial charge in [0, 0.05) is 4.47 Å². The van der Waals surface area contributed by atoms with Crippen molar-refractivity contribution in [3.63, 3.8) is 0 Å². The number of esters is 2. The third kappa shape index (κ3) is 4.34. The van der Waals surface area contributed by atoms with Gasteiger partial charge in [-0.3, -0.25) is 0 Å². The molecule has 0 bridgehead atoms. The lowest BCUT2D eigenvalue weighted by molar-refractivity contribution is 0.00643. The first-order valence-corrected chi connectivity index (χ1v) is 7.15. The lowest BCUT2D eigenvalue weighted by Crippen LogP contribution is -2.25. The fraction of sp³-hybridized carbons (Fsp3) is 0.467. The highest BCUT2D eigenvalue weighted by Crippen LogP contribution is 2.24. The summed E-state index contributed by atoms with van der Waals surface area (Å²) in [7, 11) is 0. The Hall–Kier alpha value is -1.36. The summed E-state index contributed by atoms with van der Waals surface area (Å²) < 4.78 is 11.0. The van der Waals surface area contributed by atoms with Crippen molar-refractivity contribution in [2.24, 2.45) is 0 Å². The normalized spacial score (nSPS) is 11.1. The zero-order chi connectivity index (χ0) is 15.5. The van der Waals surface area contributed by atoms with Gasteiger partial charge in [-0.1, -0.05) is 15.9 Å². The second-order valence-corrected chi connectivity index (χ2v) is 6.22. The smallest absolute Gasteiger partial charge is 0.339 e. The molecule has 5 heteroatoms. The Balaban J connectivity index is 3.26. The molecule has 0 heterocycles. The first-order chi connectivity index (χ1) is 9.15. The summed E-state index contributed by atoms with van der Waals surface area (Å²) in [5.41, 5.74) is 0.651. The summed E-state index contributed by atoms with van der Waals surface area (Å²) >= 11 is 3.36. The molecule has 1 aromatic rings. The van der Waals surface area contributed by atoms with E-state index >= 15 is 0 Å². The molecule has 110 valence electrons. The average molecular weight is 343 g/mol. The molecular weight excluding hydrogens is 324 g/mol. The van der Waals surface area contributed by atoms with E-state index < -0.39 is 17.5 Å². The van der Waals surface area contributed by atoms with Crippen molar-refractivity contribution in [2.45, 2.75) is 40.2 Å². The van der Waals surface area contributed by atoms with Crippen LogP contribution in [0.2, 0.25) is 0 Å². The van der Waals surface area contributed by atoms with E-state index in [0.29, 0.717) is 0 Å². The largest absolute Gasteiger partial charge is 0.462 e. The maximum Gasteiger partial charge on any atom is 0.339 e. The molecular formula is C15H19BrO4. The third-order valence-corrected chi connectivity index (χ3v) is 3.27. The van der Waals surface area contributed by atoms with Gasteiger partial charge in [0.1, 0.15) is 5.60 Å². The van der Waals surface area contributed by atoms with Gasteiger partial charge in [0.15, 0.2) is 0 Å². The molecule has 0 aliphatic heterocycles. The summed E-state index contributed by atoms with van der Waals surface area (Å²) in [6.07, 6.45) is 0. The van der Waals surface area contributed by atoms with E-state index in [0.717, 1.165) is 10.0 Å². The quantitative estimate of drug-likeness (QED) is 0.782. The molecule has 1 rings (SSSR count). The van der Waals surface area contributed by atoms with Crippen LogP contribution in [0, 0.1) is 6.92 Å². The first kappa shape index (κ1) is 16.7. The van der Waals surface area contributed by atoms with E-state index in [2.05, 4.69) is 15.9 Å². The van der Waals surface area contributed by atoms with Gasteiger partial charge in [0.2, 0.25) is 0 Å². The van der Waals surface area contributed by atoms with E-state index in [9.17, 15) is 9.59 Å². The molecule has 0 atom stereocenters. The molecule has 0 aliphatic carbocycles. The molecule has 0 spiro atoms. The average Bonchev–Trinajstić information content (AvgIpc) is 2.30. The third-order valence-electron chi connectivity index (χ3n) is 2.41. The molecule has 0 amide bonds. The molecule has 0 fully saturated rings. The van der Waals surface area contributed by atoms with Crippen LogP contribution in [0.25, 0.3) is 0 Å². The maximum atomic E-state index is 12.2. The molecule has 0 saturated carbocycles. The van der Waals surface area contributed by atoms with Crippen LogP contribution in [-0.2, 0) is 9.47 Å². The summed E-state index contributed by atoms with van der Waals surface area (Å²) in [6.45, 7) is 9.14. The fourth-order valence-corrected chi connectivity index (χ4v) is 1.90.